The van der Waals surface area contributed by atoms with Gasteiger partial charge in [-0.1, -0.05) is 17.7 Å². The molecule has 4 rings (SSSR count). The minimum absolute atomic E-state index is 0.00434. The maximum absolute atomic E-state index is 12.5. The minimum atomic E-state index is 0.00434. The summed E-state index contributed by atoms with van der Waals surface area (Å²) in [6.45, 7) is 5.70. The number of nitrogens with one attached hydrogen (secondary N) is 1. The van der Waals surface area contributed by atoms with Crippen molar-refractivity contribution >= 4 is 44.8 Å². The zero-order chi connectivity index (χ0) is 20.7. The lowest BCUT2D eigenvalue weighted by Crippen LogP contribution is -1.99. The Balaban J connectivity index is 1.85. The lowest BCUT2D eigenvalue weighted by Gasteiger charge is -2.11. The highest BCUT2D eigenvalue weighted by atomic mass is 79.9. The van der Waals surface area contributed by atoms with E-state index in [0.29, 0.717) is 17.2 Å². The number of aromatic amines is 1. The van der Waals surface area contributed by atoms with E-state index in [4.69, 9.17) is 21.4 Å². The van der Waals surface area contributed by atoms with Gasteiger partial charge in [0.1, 0.15) is 5.75 Å². The molecule has 29 heavy (non-hydrogen) atoms. The SMILES string of the molecule is CC(=O)c1c(C)n(-c2ccc(C)cc2)c2cc(Br)c(OCc3n[nH]c(=S)o3)cc12. The Hall–Kier alpha value is -2.71. The molecule has 0 saturated heterocycles. The Morgan fingerprint density at radius 3 is 2.62 bits per heavy atom. The number of ether oxygens (including phenoxy) is 1. The van der Waals surface area contributed by atoms with E-state index in [2.05, 4.69) is 55.0 Å². The van der Waals surface area contributed by atoms with Gasteiger partial charge in [0.05, 0.1) is 9.99 Å². The average Bonchev–Trinajstić information content (AvgIpc) is 3.20. The fourth-order valence-electron chi connectivity index (χ4n) is 3.46. The fraction of sp³-hybridized carbons (Fsp3) is 0.190. The van der Waals surface area contributed by atoms with Crippen LogP contribution in [0.3, 0.4) is 0 Å². The van der Waals surface area contributed by atoms with Gasteiger partial charge in [0.25, 0.3) is 10.7 Å². The first-order valence-electron chi connectivity index (χ1n) is 8.95. The predicted molar refractivity (Wildman–Crippen MR) is 116 cm³/mol. The number of carbonyl (C=O) groups is 1. The second-order valence-electron chi connectivity index (χ2n) is 6.78. The second kappa shape index (κ2) is 7.61. The number of Topliss-reactive ketones (excluding diaryl/α,β-unsaturated/α-hetero) is 1. The van der Waals surface area contributed by atoms with Crippen LogP contribution in [0.5, 0.6) is 5.75 Å². The van der Waals surface area contributed by atoms with Crippen LogP contribution < -0.4 is 4.74 Å². The highest BCUT2D eigenvalue weighted by Crippen LogP contribution is 2.37. The molecule has 1 N–H and O–H groups in total. The highest BCUT2D eigenvalue weighted by molar-refractivity contribution is 9.10. The van der Waals surface area contributed by atoms with Gasteiger partial charge in [0, 0.05) is 22.3 Å². The molecule has 0 spiro atoms. The third kappa shape index (κ3) is 3.65. The van der Waals surface area contributed by atoms with Crippen LogP contribution in [0.15, 0.2) is 45.3 Å². The maximum Gasteiger partial charge on any atom is 0.284 e. The molecule has 0 aliphatic heterocycles. The molecular formula is C21H18BrN3O3S. The molecule has 2 aromatic heterocycles. The van der Waals surface area contributed by atoms with Gasteiger partial charge in [-0.2, -0.15) is 0 Å². The van der Waals surface area contributed by atoms with Crippen molar-refractivity contribution in [3.8, 4) is 11.4 Å². The number of aromatic nitrogens is 3. The van der Waals surface area contributed by atoms with Crippen molar-refractivity contribution < 1.29 is 13.9 Å². The predicted octanol–water partition coefficient (Wildman–Crippen LogP) is 5.84. The van der Waals surface area contributed by atoms with Crippen molar-refractivity contribution in [1.29, 1.82) is 0 Å². The number of H-pyrrole nitrogens is 1. The van der Waals surface area contributed by atoms with Crippen molar-refractivity contribution in [3.05, 3.63) is 68.4 Å². The number of benzene rings is 2. The van der Waals surface area contributed by atoms with Gasteiger partial charge >= 0.3 is 0 Å². The van der Waals surface area contributed by atoms with Crippen molar-refractivity contribution in [2.75, 3.05) is 0 Å². The summed E-state index contributed by atoms with van der Waals surface area (Å²) in [5, 5.41) is 7.33. The number of halogens is 1. The lowest BCUT2D eigenvalue weighted by atomic mass is 10.1. The average molecular weight is 472 g/mol. The number of aryl methyl sites for hydroxylation is 1. The standard InChI is InChI=1S/C21H18BrN3O3S/c1-11-4-6-14(7-5-11)25-12(2)20(13(3)26)15-8-18(16(22)9-17(15)25)27-10-19-23-24-21(29)28-19/h4-9H,10H2,1-3H3,(H,24,29). The molecule has 0 unspecified atom stereocenters. The van der Waals surface area contributed by atoms with Gasteiger partial charge in [0.15, 0.2) is 12.4 Å². The Kier molecular flexibility index (Phi) is 5.14. The van der Waals surface area contributed by atoms with E-state index in [9.17, 15) is 4.79 Å². The second-order valence-corrected chi connectivity index (χ2v) is 8.01. The van der Waals surface area contributed by atoms with E-state index >= 15 is 0 Å². The van der Waals surface area contributed by atoms with E-state index < -0.39 is 0 Å². The van der Waals surface area contributed by atoms with Crippen LogP contribution in [0.1, 0.15) is 34.4 Å². The molecular weight excluding hydrogens is 454 g/mol. The number of ketones is 1. The smallest absolute Gasteiger partial charge is 0.284 e. The summed E-state index contributed by atoms with van der Waals surface area (Å²) in [5.41, 5.74) is 4.67. The highest BCUT2D eigenvalue weighted by Gasteiger charge is 2.20. The van der Waals surface area contributed by atoms with Crippen molar-refractivity contribution in [2.24, 2.45) is 0 Å². The van der Waals surface area contributed by atoms with E-state index in [0.717, 1.165) is 26.8 Å². The van der Waals surface area contributed by atoms with Crippen molar-refractivity contribution in [3.63, 3.8) is 0 Å². The van der Waals surface area contributed by atoms with Crippen LogP contribution >= 0.6 is 28.1 Å². The number of hydrogen-bond donors (Lipinski definition) is 1. The molecule has 0 aliphatic carbocycles. The number of carbonyl (C=O) groups excluding carboxylic acids is 1. The summed E-state index contributed by atoms with van der Waals surface area (Å²) < 4.78 is 13.9. The quantitative estimate of drug-likeness (QED) is 0.292. The van der Waals surface area contributed by atoms with Crippen LogP contribution in [0.2, 0.25) is 0 Å². The summed E-state index contributed by atoms with van der Waals surface area (Å²) in [5.74, 6) is 0.942. The van der Waals surface area contributed by atoms with E-state index in [1.807, 2.05) is 26.0 Å². The van der Waals surface area contributed by atoms with Gasteiger partial charge < -0.3 is 13.7 Å². The maximum atomic E-state index is 12.5. The molecule has 0 saturated carbocycles. The first-order chi connectivity index (χ1) is 13.8. The largest absolute Gasteiger partial charge is 0.483 e. The summed E-state index contributed by atoms with van der Waals surface area (Å²) in [6, 6.07) is 12.0. The first kappa shape index (κ1) is 19.6. The molecule has 0 amide bonds. The van der Waals surface area contributed by atoms with E-state index in [1.54, 1.807) is 6.92 Å². The van der Waals surface area contributed by atoms with Gasteiger partial charge in [-0.3, -0.25) is 4.79 Å². The molecule has 0 radical (unpaired) electrons. The molecule has 0 fully saturated rings. The number of nitrogens with zero attached hydrogens (tertiary/aromatic N) is 2. The summed E-state index contributed by atoms with van der Waals surface area (Å²) in [7, 11) is 0. The monoisotopic (exact) mass is 471 g/mol. The molecule has 6 nitrogen and oxygen atoms in total. The Bertz CT molecular complexity index is 1290. The normalized spacial score (nSPS) is 11.2. The van der Waals surface area contributed by atoms with Crippen LogP contribution in [0.25, 0.3) is 16.6 Å². The van der Waals surface area contributed by atoms with Gasteiger partial charge in [-0.25, -0.2) is 5.10 Å². The van der Waals surface area contributed by atoms with Crippen LogP contribution in [-0.2, 0) is 6.61 Å². The Morgan fingerprint density at radius 1 is 1.28 bits per heavy atom. The molecule has 0 bridgehead atoms. The molecule has 2 heterocycles. The molecule has 4 aromatic rings. The molecule has 0 atom stereocenters. The third-order valence-corrected chi connectivity index (χ3v) is 5.53. The van der Waals surface area contributed by atoms with Crippen LogP contribution in [0.4, 0.5) is 0 Å². The lowest BCUT2D eigenvalue weighted by molar-refractivity contribution is 0.101. The fourth-order valence-corrected chi connectivity index (χ4v) is 4.05. The topological polar surface area (TPSA) is 73.1 Å². The Labute approximate surface area is 180 Å². The van der Waals surface area contributed by atoms with E-state index in [-0.39, 0.29) is 17.2 Å². The molecule has 148 valence electrons. The summed E-state index contributed by atoms with van der Waals surface area (Å²) >= 11 is 8.46. The van der Waals surface area contributed by atoms with Crippen molar-refractivity contribution in [2.45, 2.75) is 27.4 Å². The zero-order valence-electron chi connectivity index (χ0n) is 16.1. The van der Waals surface area contributed by atoms with Gasteiger partial charge in [-0.05, 0) is 73.2 Å². The summed E-state index contributed by atoms with van der Waals surface area (Å²) in [4.78, 5) is 12.6. The van der Waals surface area contributed by atoms with Crippen molar-refractivity contribution in [1.82, 2.24) is 14.8 Å². The number of fused-ring (bicyclic) bond motifs is 1. The molecule has 0 aliphatic rings. The minimum Gasteiger partial charge on any atom is -0.483 e. The number of hydrogen-bond acceptors (Lipinski definition) is 5. The molecule has 8 heteroatoms. The number of rotatable bonds is 5. The first-order valence-corrected chi connectivity index (χ1v) is 10.1. The van der Waals surface area contributed by atoms with E-state index in [1.165, 1.54) is 5.56 Å². The van der Waals surface area contributed by atoms with Gasteiger partial charge in [0.2, 0.25) is 0 Å². The van der Waals surface area contributed by atoms with Crippen LogP contribution in [0, 0.1) is 18.7 Å². The molecule has 2 aromatic carbocycles. The summed E-state index contributed by atoms with van der Waals surface area (Å²) in [6.07, 6.45) is 0. The van der Waals surface area contributed by atoms with Gasteiger partial charge in [-0.15, -0.1) is 5.10 Å². The third-order valence-electron chi connectivity index (χ3n) is 4.74. The van der Waals surface area contributed by atoms with Crippen LogP contribution in [-0.4, -0.2) is 20.5 Å². The Morgan fingerprint density at radius 2 is 2.00 bits per heavy atom. The zero-order valence-corrected chi connectivity index (χ0v) is 18.5.